The summed E-state index contributed by atoms with van der Waals surface area (Å²) in [6.45, 7) is 5.61. The van der Waals surface area contributed by atoms with Crippen LogP contribution in [0.4, 0.5) is 0 Å². The molecule has 0 aliphatic rings. The van der Waals surface area contributed by atoms with Gasteiger partial charge in [0.05, 0.1) is 29.9 Å². The summed E-state index contributed by atoms with van der Waals surface area (Å²) in [5.41, 5.74) is 4.13. The monoisotopic (exact) mass is 343 g/mol. The number of methoxy groups -OCH3 is 1. The zero-order chi connectivity index (χ0) is 16.9. The fourth-order valence-corrected chi connectivity index (χ4v) is 3.36. The van der Waals surface area contributed by atoms with Crippen LogP contribution >= 0.6 is 11.8 Å². The van der Waals surface area contributed by atoms with Crippen LogP contribution in [0, 0.1) is 13.8 Å². The third-order valence-electron chi connectivity index (χ3n) is 3.82. The van der Waals surface area contributed by atoms with Crippen molar-refractivity contribution in [3.8, 4) is 5.69 Å². The highest BCUT2D eigenvalue weighted by Gasteiger charge is 2.12. The van der Waals surface area contributed by atoms with Crippen molar-refractivity contribution in [2.75, 3.05) is 13.7 Å². The van der Waals surface area contributed by atoms with Crippen molar-refractivity contribution in [3.63, 3.8) is 0 Å². The molecular formula is C17H21N5OS. The summed E-state index contributed by atoms with van der Waals surface area (Å²) in [5.74, 6) is 0.732. The molecule has 0 aliphatic heterocycles. The van der Waals surface area contributed by atoms with Gasteiger partial charge >= 0.3 is 0 Å². The normalized spacial score (nSPS) is 11.1. The second-order valence-electron chi connectivity index (χ2n) is 5.46. The second kappa shape index (κ2) is 7.63. The minimum Gasteiger partial charge on any atom is -0.383 e. The largest absolute Gasteiger partial charge is 0.383 e. The average molecular weight is 343 g/mol. The third-order valence-corrected chi connectivity index (χ3v) is 4.83. The van der Waals surface area contributed by atoms with Crippen molar-refractivity contribution in [3.05, 3.63) is 53.6 Å². The van der Waals surface area contributed by atoms with Crippen LogP contribution in [0.3, 0.4) is 0 Å². The van der Waals surface area contributed by atoms with Gasteiger partial charge in [-0.2, -0.15) is 15.0 Å². The SMILES string of the molecule is COCCn1c(SCc2cnn(-c3ccccc3)n2)nc(C)c1C. The Morgan fingerprint density at radius 3 is 2.71 bits per heavy atom. The summed E-state index contributed by atoms with van der Waals surface area (Å²) in [6.07, 6.45) is 1.81. The number of hydrogen-bond acceptors (Lipinski definition) is 5. The van der Waals surface area contributed by atoms with E-state index in [9.17, 15) is 0 Å². The lowest BCUT2D eigenvalue weighted by molar-refractivity contribution is 0.184. The molecule has 0 fully saturated rings. The van der Waals surface area contributed by atoms with Crippen molar-refractivity contribution >= 4 is 11.8 Å². The smallest absolute Gasteiger partial charge is 0.168 e. The highest BCUT2D eigenvalue weighted by molar-refractivity contribution is 7.98. The zero-order valence-corrected chi connectivity index (χ0v) is 15.0. The Morgan fingerprint density at radius 1 is 1.17 bits per heavy atom. The van der Waals surface area contributed by atoms with Gasteiger partial charge in [0.1, 0.15) is 0 Å². The van der Waals surface area contributed by atoms with Crippen molar-refractivity contribution in [2.24, 2.45) is 0 Å². The van der Waals surface area contributed by atoms with Crippen LogP contribution in [0.1, 0.15) is 17.1 Å². The van der Waals surface area contributed by atoms with E-state index in [0.717, 1.165) is 34.5 Å². The highest BCUT2D eigenvalue weighted by Crippen LogP contribution is 2.24. The molecule has 0 saturated heterocycles. The Kier molecular flexibility index (Phi) is 5.32. The molecule has 0 spiro atoms. The first kappa shape index (κ1) is 16.7. The lowest BCUT2D eigenvalue weighted by Crippen LogP contribution is -2.07. The first-order chi connectivity index (χ1) is 11.7. The molecule has 1 aromatic carbocycles. The predicted octanol–water partition coefficient (Wildman–Crippen LogP) is 3.02. The summed E-state index contributed by atoms with van der Waals surface area (Å²) in [6, 6.07) is 9.91. The fourth-order valence-electron chi connectivity index (χ4n) is 2.36. The molecule has 7 heteroatoms. The lowest BCUT2D eigenvalue weighted by Gasteiger charge is -2.08. The number of aromatic nitrogens is 5. The Labute approximate surface area is 145 Å². The topological polar surface area (TPSA) is 57.8 Å². The minimum absolute atomic E-state index is 0.675. The molecule has 2 heterocycles. The maximum absolute atomic E-state index is 5.20. The summed E-state index contributed by atoms with van der Waals surface area (Å²) >= 11 is 1.67. The molecule has 0 N–H and O–H groups in total. The number of benzene rings is 1. The van der Waals surface area contributed by atoms with Crippen LogP contribution in [-0.2, 0) is 17.0 Å². The van der Waals surface area contributed by atoms with Crippen LogP contribution in [0.5, 0.6) is 0 Å². The van der Waals surface area contributed by atoms with Crippen molar-refractivity contribution in [1.82, 2.24) is 24.5 Å². The second-order valence-corrected chi connectivity index (χ2v) is 6.40. The molecule has 0 unspecified atom stereocenters. The van der Waals surface area contributed by atoms with E-state index in [0.29, 0.717) is 6.61 Å². The van der Waals surface area contributed by atoms with Crippen LogP contribution in [-0.4, -0.2) is 38.3 Å². The summed E-state index contributed by atoms with van der Waals surface area (Å²) in [4.78, 5) is 6.32. The van der Waals surface area contributed by atoms with Gasteiger partial charge in [0.2, 0.25) is 0 Å². The van der Waals surface area contributed by atoms with Gasteiger partial charge in [-0.1, -0.05) is 30.0 Å². The highest BCUT2D eigenvalue weighted by atomic mass is 32.2. The first-order valence-corrected chi connectivity index (χ1v) is 8.79. The maximum Gasteiger partial charge on any atom is 0.168 e. The molecule has 126 valence electrons. The van der Waals surface area contributed by atoms with Gasteiger partial charge in [0.15, 0.2) is 5.16 Å². The van der Waals surface area contributed by atoms with Crippen LogP contribution in [0.25, 0.3) is 5.69 Å². The standard InChI is InChI=1S/C17H21N5OS/c1-13-14(2)21(9-10-23-3)17(19-13)24-12-15-11-18-22(20-15)16-7-5-4-6-8-16/h4-8,11H,9-10,12H2,1-3H3. The van der Waals surface area contributed by atoms with E-state index < -0.39 is 0 Å². The number of hydrogen-bond donors (Lipinski definition) is 0. The molecular weight excluding hydrogens is 322 g/mol. The number of ether oxygens (including phenoxy) is 1. The van der Waals surface area contributed by atoms with Crippen molar-refractivity contribution < 1.29 is 4.74 Å². The molecule has 0 radical (unpaired) electrons. The Balaban J connectivity index is 1.70. The fraction of sp³-hybridized carbons (Fsp3) is 0.353. The maximum atomic E-state index is 5.20. The molecule has 24 heavy (non-hydrogen) atoms. The van der Waals surface area contributed by atoms with E-state index in [4.69, 9.17) is 4.74 Å². The number of thioether (sulfide) groups is 1. The number of aryl methyl sites for hydroxylation is 1. The number of imidazole rings is 1. The Morgan fingerprint density at radius 2 is 1.96 bits per heavy atom. The molecule has 0 amide bonds. The van der Waals surface area contributed by atoms with Crippen molar-refractivity contribution in [2.45, 2.75) is 31.3 Å². The molecule has 3 rings (SSSR count). The van der Waals surface area contributed by atoms with E-state index in [1.165, 1.54) is 5.69 Å². The van der Waals surface area contributed by atoms with Gasteiger partial charge in [-0.3, -0.25) is 0 Å². The average Bonchev–Trinajstić information content (AvgIpc) is 3.18. The number of para-hydroxylation sites is 1. The van der Waals surface area contributed by atoms with Gasteiger partial charge in [0.25, 0.3) is 0 Å². The van der Waals surface area contributed by atoms with Crippen LogP contribution in [0.15, 0.2) is 41.7 Å². The predicted molar refractivity (Wildman–Crippen MR) is 94.5 cm³/mol. The third kappa shape index (κ3) is 3.68. The number of nitrogens with zero attached hydrogens (tertiary/aromatic N) is 5. The van der Waals surface area contributed by atoms with Gasteiger partial charge < -0.3 is 9.30 Å². The van der Waals surface area contributed by atoms with Gasteiger partial charge in [-0.05, 0) is 26.0 Å². The Hall–Kier alpha value is -2.12. The van der Waals surface area contributed by atoms with Crippen LogP contribution in [0.2, 0.25) is 0 Å². The van der Waals surface area contributed by atoms with E-state index in [1.54, 1.807) is 23.7 Å². The number of rotatable bonds is 7. The van der Waals surface area contributed by atoms with Gasteiger partial charge in [-0.25, -0.2) is 4.98 Å². The molecule has 0 bridgehead atoms. The molecule has 3 aromatic rings. The molecule has 2 aromatic heterocycles. The van der Waals surface area contributed by atoms with Gasteiger partial charge in [0, 0.05) is 25.1 Å². The zero-order valence-electron chi connectivity index (χ0n) is 14.1. The van der Waals surface area contributed by atoms with E-state index in [1.807, 2.05) is 43.5 Å². The molecule has 6 nitrogen and oxygen atoms in total. The van der Waals surface area contributed by atoms with E-state index in [-0.39, 0.29) is 0 Å². The van der Waals surface area contributed by atoms with E-state index >= 15 is 0 Å². The summed E-state index contributed by atoms with van der Waals surface area (Å²) in [5, 5.41) is 9.87. The molecule has 0 atom stereocenters. The summed E-state index contributed by atoms with van der Waals surface area (Å²) < 4.78 is 7.40. The molecule has 0 saturated carbocycles. The lowest BCUT2D eigenvalue weighted by atomic mass is 10.3. The van der Waals surface area contributed by atoms with Gasteiger partial charge in [-0.15, -0.1) is 0 Å². The Bertz CT molecular complexity index is 797. The van der Waals surface area contributed by atoms with Crippen molar-refractivity contribution in [1.29, 1.82) is 0 Å². The van der Waals surface area contributed by atoms with E-state index in [2.05, 4.69) is 26.7 Å². The quantitative estimate of drug-likeness (QED) is 0.617. The van der Waals surface area contributed by atoms with Crippen LogP contribution < -0.4 is 0 Å². The minimum atomic E-state index is 0.675. The summed E-state index contributed by atoms with van der Waals surface area (Å²) in [7, 11) is 1.72. The molecule has 0 aliphatic carbocycles. The first-order valence-electron chi connectivity index (χ1n) is 7.81.